The van der Waals surface area contributed by atoms with Gasteiger partial charge in [-0.25, -0.2) is 8.42 Å². The molecular formula is C9H15N3O2S. The van der Waals surface area contributed by atoms with E-state index < -0.39 is 9.84 Å². The Hall–Kier alpha value is -0.880. The zero-order valence-electron chi connectivity index (χ0n) is 8.90. The van der Waals surface area contributed by atoms with Crippen LogP contribution >= 0.6 is 0 Å². The van der Waals surface area contributed by atoms with Crippen LogP contribution in [0.3, 0.4) is 0 Å². The lowest BCUT2D eigenvalue weighted by molar-refractivity contribution is 0.308. The van der Waals surface area contributed by atoms with Gasteiger partial charge in [0, 0.05) is 6.26 Å². The summed E-state index contributed by atoms with van der Waals surface area (Å²) in [5, 5.41) is 6.65. The van der Waals surface area contributed by atoms with Gasteiger partial charge in [0.2, 0.25) is 0 Å². The molecule has 15 heavy (non-hydrogen) atoms. The van der Waals surface area contributed by atoms with Gasteiger partial charge in [-0.15, -0.1) is 0 Å². The average Bonchev–Trinajstić information content (AvgIpc) is 2.69. The lowest BCUT2D eigenvalue weighted by Crippen LogP contribution is -2.19. The lowest BCUT2D eigenvalue weighted by Gasteiger charge is -2.18. The molecule has 6 heteroatoms. The van der Waals surface area contributed by atoms with Crippen LogP contribution in [-0.4, -0.2) is 43.4 Å². The second-order valence-electron chi connectivity index (χ2n) is 4.06. The van der Waals surface area contributed by atoms with Gasteiger partial charge in [0.15, 0.2) is 9.84 Å². The lowest BCUT2D eigenvalue weighted by atomic mass is 10.1. The third kappa shape index (κ3) is 1.91. The molecule has 1 unspecified atom stereocenters. The number of likely N-dealkylation sites (tertiary alicyclic amines) is 1. The van der Waals surface area contributed by atoms with E-state index in [0.717, 1.165) is 25.1 Å². The first kappa shape index (κ1) is 10.6. The summed E-state index contributed by atoms with van der Waals surface area (Å²) in [4.78, 5) is 2.49. The highest BCUT2D eigenvalue weighted by Crippen LogP contribution is 2.32. The standard InChI is InChI=1S/C9H15N3O2S/c1-12-5-3-4-7(12)9-8(6-10-11-9)15(2,13)14/h6-7H,3-5H2,1-2H3,(H,10,11). The molecule has 1 fully saturated rings. The van der Waals surface area contributed by atoms with Crippen molar-refractivity contribution in [1.29, 1.82) is 0 Å². The molecule has 1 saturated heterocycles. The SMILES string of the molecule is CN1CCCC1c1[nH]ncc1S(C)(=O)=O. The number of aromatic amines is 1. The highest BCUT2D eigenvalue weighted by Gasteiger charge is 2.29. The van der Waals surface area contributed by atoms with Crippen LogP contribution < -0.4 is 0 Å². The van der Waals surface area contributed by atoms with Crippen molar-refractivity contribution >= 4 is 9.84 Å². The van der Waals surface area contributed by atoms with Crippen molar-refractivity contribution in [2.75, 3.05) is 19.8 Å². The van der Waals surface area contributed by atoms with Crippen molar-refractivity contribution < 1.29 is 8.42 Å². The number of rotatable bonds is 2. The fourth-order valence-electron chi connectivity index (χ4n) is 2.09. The molecule has 0 amide bonds. The number of sulfone groups is 1. The van der Waals surface area contributed by atoms with E-state index in [2.05, 4.69) is 15.1 Å². The van der Waals surface area contributed by atoms with Gasteiger partial charge in [0.25, 0.3) is 0 Å². The maximum absolute atomic E-state index is 11.5. The van der Waals surface area contributed by atoms with Crippen LogP contribution in [0.4, 0.5) is 0 Å². The van der Waals surface area contributed by atoms with Crippen molar-refractivity contribution in [3.63, 3.8) is 0 Å². The van der Waals surface area contributed by atoms with Crippen molar-refractivity contribution in [3.05, 3.63) is 11.9 Å². The largest absolute Gasteiger partial charge is 0.298 e. The number of hydrogen-bond acceptors (Lipinski definition) is 4. The molecule has 1 atom stereocenters. The number of nitrogens with one attached hydrogen (secondary N) is 1. The van der Waals surface area contributed by atoms with E-state index in [1.54, 1.807) is 0 Å². The number of aromatic nitrogens is 2. The predicted octanol–water partition coefficient (Wildman–Crippen LogP) is 0.580. The smallest absolute Gasteiger partial charge is 0.178 e. The highest BCUT2D eigenvalue weighted by atomic mass is 32.2. The molecule has 0 bridgehead atoms. The Morgan fingerprint density at radius 1 is 1.60 bits per heavy atom. The molecule has 0 aliphatic carbocycles. The topological polar surface area (TPSA) is 66.1 Å². The molecule has 0 radical (unpaired) electrons. The van der Waals surface area contributed by atoms with Gasteiger partial charge >= 0.3 is 0 Å². The van der Waals surface area contributed by atoms with Gasteiger partial charge in [-0.2, -0.15) is 5.10 Å². The molecule has 1 N–H and O–H groups in total. The Balaban J connectivity index is 2.41. The zero-order valence-corrected chi connectivity index (χ0v) is 9.71. The molecule has 2 heterocycles. The van der Waals surface area contributed by atoms with Gasteiger partial charge in [-0.3, -0.25) is 10.00 Å². The molecule has 1 aromatic heterocycles. The van der Waals surface area contributed by atoms with Gasteiger partial charge in [0.05, 0.1) is 17.9 Å². The molecule has 0 spiro atoms. The van der Waals surface area contributed by atoms with Crippen LogP contribution in [0.2, 0.25) is 0 Å². The molecular weight excluding hydrogens is 214 g/mol. The van der Waals surface area contributed by atoms with E-state index >= 15 is 0 Å². The summed E-state index contributed by atoms with van der Waals surface area (Å²) in [5.41, 5.74) is 0.734. The predicted molar refractivity (Wildman–Crippen MR) is 56.3 cm³/mol. The maximum atomic E-state index is 11.5. The van der Waals surface area contributed by atoms with E-state index in [0.29, 0.717) is 4.90 Å². The fraction of sp³-hybridized carbons (Fsp3) is 0.667. The quantitative estimate of drug-likeness (QED) is 0.805. The fourth-order valence-corrected chi connectivity index (χ4v) is 2.92. The van der Waals surface area contributed by atoms with Crippen LogP contribution in [0.25, 0.3) is 0 Å². The maximum Gasteiger partial charge on any atom is 0.178 e. The van der Waals surface area contributed by atoms with Crippen molar-refractivity contribution in [1.82, 2.24) is 15.1 Å². The second kappa shape index (κ2) is 3.61. The minimum Gasteiger partial charge on any atom is -0.298 e. The number of hydrogen-bond donors (Lipinski definition) is 1. The average molecular weight is 229 g/mol. The van der Waals surface area contributed by atoms with Crippen LogP contribution in [-0.2, 0) is 9.84 Å². The van der Waals surface area contributed by atoms with Crippen molar-refractivity contribution in [3.8, 4) is 0 Å². The second-order valence-corrected chi connectivity index (χ2v) is 6.04. The van der Waals surface area contributed by atoms with E-state index in [1.165, 1.54) is 12.5 Å². The molecule has 0 saturated carbocycles. The molecule has 84 valence electrons. The number of H-pyrrole nitrogens is 1. The van der Waals surface area contributed by atoms with Crippen LogP contribution in [0.15, 0.2) is 11.1 Å². The first-order valence-corrected chi connectivity index (χ1v) is 6.83. The monoisotopic (exact) mass is 229 g/mol. The van der Waals surface area contributed by atoms with Crippen molar-refractivity contribution in [2.45, 2.75) is 23.8 Å². The molecule has 5 nitrogen and oxygen atoms in total. The van der Waals surface area contributed by atoms with E-state index in [-0.39, 0.29) is 6.04 Å². The highest BCUT2D eigenvalue weighted by molar-refractivity contribution is 7.90. The molecule has 1 aliphatic heterocycles. The Bertz CT molecular complexity index is 452. The van der Waals surface area contributed by atoms with Gasteiger partial charge in [-0.05, 0) is 26.4 Å². The van der Waals surface area contributed by atoms with Gasteiger partial charge in [0.1, 0.15) is 4.90 Å². The molecule has 1 aliphatic rings. The summed E-state index contributed by atoms with van der Waals surface area (Å²) in [5.74, 6) is 0. The summed E-state index contributed by atoms with van der Waals surface area (Å²) >= 11 is 0. The Kier molecular flexibility index (Phi) is 2.56. The first-order valence-electron chi connectivity index (χ1n) is 4.93. The van der Waals surface area contributed by atoms with E-state index in [4.69, 9.17) is 0 Å². The third-order valence-corrected chi connectivity index (χ3v) is 4.01. The summed E-state index contributed by atoms with van der Waals surface area (Å²) in [6.07, 6.45) is 4.71. The molecule has 0 aromatic carbocycles. The normalized spacial score (nSPS) is 23.5. The Labute approximate surface area is 89.4 Å². The first-order chi connectivity index (χ1) is 7.00. The van der Waals surface area contributed by atoms with E-state index in [9.17, 15) is 8.42 Å². The molecule has 1 aromatic rings. The van der Waals surface area contributed by atoms with Gasteiger partial charge in [-0.1, -0.05) is 0 Å². The Morgan fingerprint density at radius 2 is 2.33 bits per heavy atom. The van der Waals surface area contributed by atoms with Gasteiger partial charge < -0.3 is 0 Å². The summed E-state index contributed by atoms with van der Waals surface area (Å²) < 4.78 is 23.0. The summed E-state index contributed by atoms with van der Waals surface area (Å²) in [6.45, 7) is 1.01. The Morgan fingerprint density at radius 3 is 2.87 bits per heavy atom. The minimum absolute atomic E-state index is 0.164. The van der Waals surface area contributed by atoms with Crippen molar-refractivity contribution in [2.24, 2.45) is 0 Å². The van der Waals surface area contributed by atoms with Crippen LogP contribution in [0.1, 0.15) is 24.6 Å². The molecule has 2 rings (SSSR count). The zero-order chi connectivity index (χ0) is 11.1. The summed E-state index contributed by atoms with van der Waals surface area (Å²) in [7, 11) is -1.17. The minimum atomic E-state index is -3.17. The van der Waals surface area contributed by atoms with Crippen LogP contribution in [0, 0.1) is 0 Å². The van der Waals surface area contributed by atoms with E-state index in [1.807, 2.05) is 7.05 Å². The number of nitrogens with zero attached hydrogens (tertiary/aromatic N) is 2. The van der Waals surface area contributed by atoms with Crippen LogP contribution in [0.5, 0.6) is 0 Å². The summed E-state index contributed by atoms with van der Waals surface area (Å²) in [6, 6.07) is 0.164. The third-order valence-electron chi connectivity index (χ3n) is 2.89.